The van der Waals surface area contributed by atoms with Crippen molar-refractivity contribution < 1.29 is 13.9 Å². The second-order valence-electron chi connectivity index (χ2n) is 7.12. The van der Waals surface area contributed by atoms with Crippen LogP contribution in [0.4, 0.5) is 10.1 Å². The number of nitrogens with zero attached hydrogens (tertiary/aromatic N) is 2. The zero-order chi connectivity index (χ0) is 20.2. The molecule has 7 heteroatoms. The third-order valence-electron chi connectivity index (χ3n) is 4.89. The number of hydrogen-bond donors (Lipinski definition) is 2. The molecule has 0 aliphatic carbocycles. The Morgan fingerprint density at radius 2 is 1.97 bits per heavy atom. The van der Waals surface area contributed by atoms with E-state index in [-0.39, 0.29) is 17.8 Å². The number of aromatic nitrogens is 2. The molecule has 2 aromatic carbocycles. The van der Waals surface area contributed by atoms with E-state index in [1.807, 2.05) is 30.5 Å². The van der Waals surface area contributed by atoms with Crippen molar-refractivity contribution in [3.05, 3.63) is 71.9 Å². The number of rotatable bonds is 6. The Hall–Kier alpha value is -3.03. The van der Waals surface area contributed by atoms with Gasteiger partial charge in [-0.3, -0.25) is 4.79 Å². The van der Waals surface area contributed by atoms with Crippen LogP contribution in [0.15, 0.2) is 54.7 Å². The van der Waals surface area contributed by atoms with Gasteiger partial charge < -0.3 is 19.9 Å². The Bertz CT molecular complexity index is 983. The molecule has 1 amide bonds. The third kappa shape index (κ3) is 4.70. The Kier molecular flexibility index (Phi) is 5.69. The molecule has 0 spiro atoms. The maximum Gasteiger partial charge on any atom is 0.221 e. The van der Waals surface area contributed by atoms with Crippen molar-refractivity contribution in [2.45, 2.75) is 32.7 Å². The van der Waals surface area contributed by atoms with E-state index in [1.54, 1.807) is 12.1 Å². The molecule has 6 nitrogen and oxygen atoms in total. The van der Waals surface area contributed by atoms with E-state index in [0.717, 1.165) is 28.3 Å². The summed E-state index contributed by atoms with van der Waals surface area (Å²) < 4.78 is 21.3. The molecule has 4 rings (SSSR count). The number of anilines is 1. The number of ether oxygens (including phenoxy) is 1. The van der Waals surface area contributed by atoms with Gasteiger partial charge in [0.05, 0.1) is 24.5 Å². The SMILES string of the molecule is CC(=O)Nc1ccc(CNCC2Cn3c(-c4ccc(F)cc4)cnc3CO2)cc1. The summed E-state index contributed by atoms with van der Waals surface area (Å²) in [5, 5.41) is 6.19. The molecule has 2 heterocycles. The van der Waals surface area contributed by atoms with Gasteiger partial charge in [-0.25, -0.2) is 9.37 Å². The van der Waals surface area contributed by atoms with Crippen molar-refractivity contribution in [1.29, 1.82) is 0 Å². The van der Waals surface area contributed by atoms with Crippen LogP contribution < -0.4 is 10.6 Å². The lowest BCUT2D eigenvalue weighted by Gasteiger charge is -2.26. The molecule has 1 aliphatic heterocycles. The minimum atomic E-state index is -0.248. The number of halogens is 1. The van der Waals surface area contributed by atoms with E-state index in [9.17, 15) is 9.18 Å². The fraction of sp³-hybridized carbons (Fsp3) is 0.273. The maximum atomic E-state index is 13.2. The van der Waals surface area contributed by atoms with Gasteiger partial charge in [-0.15, -0.1) is 0 Å². The van der Waals surface area contributed by atoms with Crippen LogP contribution in [0.3, 0.4) is 0 Å². The topological polar surface area (TPSA) is 68.2 Å². The number of benzene rings is 2. The molecule has 1 unspecified atom stereocenters. The highest BCUT2D eigenvalue weighted by Crippen LogP contribution is 2.25. The smallest absolute Gasteiger partial charge is 0.221 e. The maximum absolute atomic E-state index is 13.2. The van der Waals surface area contributed by atoms with E-state index in [4.69, 9.17) is 4.74 Å². The molecule has 29 heavy (non-hydrogen) atoms. The monoisotopic (exact) mass is 394 g/mol. The Labute approximate surface area is 168 Å². The predicted molar refractivity (Wildman–Crippen MR) is 109 cm³/mol. The summed E-state index contributed by atoms with van der Waals surface area (Å²) in [4.78, 5) is 15.5. The first kappa shape index (κ1) is 19.3. The molecule has 0 fully saturated rings. The largest absolute Gasteiger partial charge is 0.367 e. The first-order valence-corrected chi connectivity index (χ1v) is 9.57. The number of amides is 1. The summed E-state index contributed by atoms with van der Waals surface area (Å²) in [6.07, 6.45) is 1.84. The molecule has 0 radical (unpaired) electrons. The van der Waals surface area contributed by atoms with Crippen LogP contribution in [0.25, 0.3) is 11.3 Å². The second kappa shape index (κ2) is 8.55. The molecule has 1 atom stereocenters. The molecular formula is C22H23FN4O2. The number of hydrogen-bond acceptors (Lipinski definition) is 4. The van der Waals surface area contributed by atoms with Crippen molar-refractivity contribution in [1.82, 2.24) is 14.9 Å². The van der Waals surface area contributed by atoms with Crippen LogP contribution in [0.5, 0.6) is 0 Å². The van der Waals surface area contributed by atoms with Crippen molar-refractivity contribution in [2.75, 3.05) is 11.9 Å². The second-order valence-corrected chi connectivity index (χ2v) is 7.12. The minimum Gasteiger partial charge on any atom is -0.367 e. The van der Waals surface area contributed by atoms with Crippen LogP contribution in [0.2, 0.25) is 0 Å². The highest BCUT2D eigenvalue weighted by atomic mass is 19.1. The Morgan fingerprint density at radius 3 is 2.69 bits per heavy atom. The normalized spacial score (nSPS) is 15.7. The molecule has 1 aromatic heterocycles. The van der Waals surface area contributed by atoms with E-state index < -0.39 is 0 Å². The van der Waals surface area contributed by atoms with Gasteiger partial charge in [0.15, 0.2) is 0 Å². The predicted octanol–water partition coefficient (Wildman–Crippen LogP) is 3.34. The molecule has 3 aromatic rings. The average Bonchev–Trinajstić information content (AvgIpc) is 3.13. The molecule has 150 valence electrons. The van der Waals surface area contributed by atoms with Crippen LogP contribution in [-0.2, 0) is 29.2 Å². The summed E-state index contributed by atoms with van der Waals surface area (Å²) in [5.41, 5.74) is 3.84. The number of fused-ring (bicyclic) bond motifs is 1. The summed E-state index contributed by atoms with van der Waals surface area (Å²) >= 11 is 0. The summed E-state index contributed by atoms with van der Waals surface area (Å²) in [6.45, 7) is 4.05. The zero-order valence-electron chi connectivity index (χ0n) is 16.2. The Morgan fingerprint density at radius 1 is 1.21 bits per heavy atom. The van der Waals surface area contributed by atoms with Crippen LogP contribution in [0, 0.1) is 5.82 Å². The molecule has 1 aliphatic rings. The van der Waals surface area contributed by atoms with Gasteiger partial charge in [0, 0.05) is 25.7 Å². The van der Waals surface area contributed by atoms with E-state index in [0.29, 0.717) is 26.2 Å². The first-order chi connectivity index (χ1) is 14.1. The van der Waals surface area contributed by atoms with Crippen LogP contribution in [0.1, 0.15) is 18.3 Å². The van der Waals surface area contributed by atoms with Gasteiger partial charge in [-0.05, 0) is 47.5 Å². The van der Waals surface area contributed by atoms with Gasteiger partial charge in [-0.1, -0.05) is 12.1 Å². The van der Waals surface area contributed by atoms with Crippen molar-refractivity contribution in [2.24, 2.45) is 0 Å². The van der Waals surface area contributed by atoms with Gasteiger partial charge >= 0.3 is 0 Å². The molecule has 0 saturated carbocycles. The average molecular weight is 394 g/mol. The van der Waals surface area contributed by atoms with Crippen molar-refractivity contribution in [3.63, 3.8) is 0 Å². The van der Waals surface area contributed by atoms with Crippen LogP contribution >= 0.6 is 0 Å². The molecule has 0 saturated heterocycles. The number of nitrogens with one attached hydrogen (secondary N) is 2. The van der Waals surface area contributed by atoms with Gasteiger partial charge in [0.25, 0.3) is 0 Å². The zero-order valence-corrected chi connectivity index (χ0v) is 16.2. The van der Waals surface area contributed by atoms with Gasteiger partial charge in [0.2, 0.25) is 5.91 Å². The summed E-state index contributed by atoms with van der Waals surface area (Å²) in [6, 6.07) is 14.2. The minimum absolute atomic E-state index is 0.0227. The summed E-state index contributed by atoms with van der Waals surface area (Å²) in [5.74, 6) is 0.556. The highest BCUT2D eigenvalue weighted by molar-refractivity contribution is 5.88. The van der Waals surface area contributed by atoms with Gasteiger partial charge in [0.1, 0.15) is 18.2 Å². The highest BCUT2D eigenvalue weighted by Gasteiger charge is 2.22. The standard InChI is InChI=1S/C22H23FN4O2/c1-15(28)26-19-8-2-16(3-9-19)10-24-11-20-13-27-21(12-25-22(27)14-29-20)17-4-6-18(23)7-5-17/h2-9,12,20,24H,10-11,13-14H2,1H3,(H,26,28). The lowest BCUT2D eigenvalue weighted by atomic mass is 10.1. The fourth-order valence-corrected chi connectivity index (χ4v) is 3.44. The summed E-state index contributed by atoms with van der Waals surface area (Å²) in [7, 11) is 0. The molecule has 0 bridgehead atoms. The van der Waals surface area contributed by atoms with Crippen molar-refractivity contribution in [3.8, 4) is 11.3 Å². The van der Waals surface area contributed by atoms with E-state index >= 15 is 0 Å². The van der Waals surface area contributed by atoms with Crippen LogP contribution in [-0.4, -0.2) is 28.1 Å². The number of carbonyl (C=O) groups is 1. The fourth-order valence-electron chi connectivity index (χ4n) is 3.44. The van der Waals surface area contributed by atoms with E-state index in [1.165, 1.54) is 19.1 Å². The lowest BCUT2D eigenvalue weighted by Crippen LogP contribution is -2.36. The molecule has 2 N–H and O–H groups in total. The third-order valence-corrected chi connectivity index (χ3v) is 4.89. The lowest BCUT2D eigenvalue weighted by molar-refractivity contribution is -0.114. The van der Waals surface area contributed by atoms with Gasteiger partial charge in [-0.2, -0.15) is 0 Å². The number of carbonyl (C=O) groups excluding carboxylic acids is 1. The quantitative estimate of drug-likeness (QED) is 0.673. The van der Waals surface area contributed by atoms with E-state index in [2.05, 4.69) is 20.2 Å². The molecular weight excluding hydrogens is 371 g/mol. The van der Waals surface area contributed by atoms with Crippen molar-refractivity contribution >= 4 is 11.6 Å². The first-order valence-electron chi connectivity index (χ1n) is 9.57. The number of imidazole rings is 1. The Balaban J connectivity index is 1.34.